The average molecular weight is 245 g/mol. The van der Waals surface area contributed by atoms with E-state index >= 15 is 0 Å². The maximum atomic E-state index is 8.86. The Morgan fingerprint density at radius 3 is 2.82 bits per heavy atom. The van der Waals surface area contributed by atoms with Gasteiger partial charge in [-0.05, 0) is 25.1 Å². The molecule has 0 radical (unpaired) electrons. The van der Waals surface area contributed by atoms with Crippen LogP contribution in [-0.4, -0.2) is 9.97 Å². The van der Waals surface area contributed by atoms with Gasteiger partial charge in [0.2, 0.25) is 0 Å². The van der Waals surface area contributed by atoms with Crippen LogP contribution in [0.1, 0.15) is 11.3 Å². The SMILES string of the molecule is Cc1ncccc1Nc1nccc(C#N)c1Cl. The molecule has 0 saturated heterocycles. The van der Waals surface area contributed by atoms with Gasteiger partial charge in [-0.25, -0.2) is 4.98 Å². The van der Waals surface area contributed by atoms with Crippen LogP contribution in [0.15, 0.2) is 30.6 Å². The van der Waals surface area contributed by atoms with Crippen molar-refractivity contribution in [1.82, 2.24) is 9.97 Å². The van der Waals surface area contributed by atoms with E-state index in [2.05, 4.69) is 15.3 Å². The van der Waals surface area contributed by atoms with Crippen LogP contribution in [0, 0.1) is 18.3 Å². The summed E-state index contributed by atoms with van der Waals surface area (Å²) in [7, 11) is 0. The lowest BCUT2D eigenvalue weighted by Gasteiger charge is -2.09. The number of pyridine rings is 2. The topological polar surface area (TPSA) is 61.6 Å². The molecule has 84 valence electrons. The second kappa shape index (κ2) is 4.81. The Morgan fingerprint density at radius 2 is 2.12 bits per heavy atom. The van der Waals surface area contributed by atoms with Gasteiger partial charge in [-0.2, -0.15) is 5.26 Å². The highest BCUT2D eigenvalue weighted by Gasteiger charge is 2.08. The lowest BCUT2D eigenvalue weighted by molar-refractivity contribution is 1.19. The van der Waals surface area contributed by atoms with E-state index in [0.29, 0.717) is 16.4 Å². The first kappa shape index (κ1) is 11.4. The Morgan fingerprint density at radius 1 is 1.29 bits per heavy atom. The molecule has 1 N–H and O–H groups in total. The Balaban J connectivity index is 2.38. The van der Waals surface area contributed by atoms with Gasteiger partial charge in [0, 0.05) is 12.4 Å². The molecule has 2 rings (SSSR count). The predicted octanol–water partition coefficient (Wildman–Crippen LogP) is 3.05. The Kier molecular flexibility index (Phi) is 3.22. The molecule has 4 nitrogen and oxygen atoms in total. The molecule has 0 bridgehead atoms. The van der Waals surface area contributed by atoms with Crippen LogP contribution in [0.25, 0.3) is 0 Å². The summed E-state index contributed by atoms with van der Waals surface area (Å²) in [6, 6.07) is 7.27. The zero-order valence-corrected chi connectivity index (χ0v) is 9.86. The summed E-state index contributed by atoms with van der Waals surface area (Å²) in [6.45, 7) is 1.88. The molecule has 0 amide bonds. The molecule has 0 aromatic carbocycles. The van der Waals surface area contributed by atoms with E-state index < -0.39 is 0 Å². The van der Waals surface area contributed by atoms with Crippen LogP contribution >= 0.6 is 11.6 Å². The lowest BCUT2D eigenvalue weighted by atomic mass is 10.2. The van der Waals surface area contributed by atoms with Gasteiger partial charge in [0.25, 0.3) is 0 Å². The molecule has 0 fully saturated rings. The van der Waals surface area contributed by atoms with Gasteiger partial charge in [0.05, 0.1) is 16.9 Å². The molecule has 0 aliphatic carbocycles. The van der Waals surface area contributed by atoms with Gasteiger partial charge >= 0.3 is 0 Å². The van der Waals surface area contributed by atoms with E-state index in [-0.39, 0.29) is 0 Å². The van der Waals surface area contributed by atoms with Crippen LogP contribution in [0.4, 0.5) is 11.5 Å². The van der Waals surface area contributed by atoms with Crippen molar-refractivity contribution >= 4 is 23.1 Å². The van der Waals surface area contributed by atoms with E-state index in [1.165, 1.54) is 0 Å². The zero-order valence-electron chi connectivity index (χ0n) is 9.11. The van der Waals surface area contributed by atoms with Crippen molar-refractivity contribution in [3.8, 4) is 6.07 Å². The number of aromatic nitrogens is 2. The fourth-order valence-electron chi connectivity index (χ4n) is 1.36. The number of aryl methyl sites for hydroxylation is 1. The summed E-state index contributed by atoms with van der Waals surface area (Å²) in [5.41, 5.74) is 2.05. The number of nitrogens with one attached hydrogen (secondary N) is 1. The third-order valence-corrected chi connectivity index (χ3v) is 2.65. The van der Waals surface area contributed by atoms with Crippen molar-refractivity contribution < 1.29 is 0 Å². The van der Waals surface area contributed by atoms with Crippen molar-refractivity contribution in [2.45, 2.75) is 6.92 Å². The molecule has 0 saturated carbocycles. The first-order chi connectivity index (χ1) is 8.22. The van der Waals surface area contributed by atoms with Gasteiger partial charge in [-0.15, -0.1) is 0 Å². The average Bonchev–Trinajstić information content (AvgIpc) is 2.34. The summed E-state index contributed by atoms with van der Waals surface area (Å²) in [5, 5.41) is 12.2. The van der Waals surface area contributed by atoms with Gasteiger partial charge in [-0.3, -0.25) is 4.98 Å². The van der Waals surface area contributed by atoms with Crippen LogP contribution in [0.2, 0.25) is 5.02 Å². The Bertz CT molecular complexity index is 589. The van der Waals surface area contributed by atoms with E-state index in [4.69, 9.17) is 16.9 Å². The molecule has 0 aliphatic rings. The number of anilines is 2. The number of rotatable bonds is 2. The van der Waals surface area contributed by atoms with Crippen LogP contribution < -0.4 is 5.32 Å². The monoisotopic (exact) mass is 244 g/mol. The summed E-state index contributed by atoms with van der Waals surface area (Å²) in [4.78, 5) is 8.25. The second-order valence-electron chi connectivity index (χ2n) is 3.39. The van der Waals surface area contributed by atoms with Gasteiger partial charge in [0.15, 0.2) is 5.82 Å². The Hall–Kier alpha value is -2.12. The third kappa shape index (κ3) is 2.35. The molecule has 0 spiro atoms. The molecule has 2 heterocycles. The summed E-state index contributed by atoms with van der Waals surface area (Å²) in [5.74, 6) is 0.460. The lowest BCUT2D eigenvalue weighted by Crippen LogP contribution is -1.98. The molecule has 5 heteroatoms. The van der Waals surface area contributed by atoms with Crippen molar-refractivity contribution in [1.29, 1.82) is 5.26 Å². The van der Waals surface area contributed by atoms with Crippen LogP contribution in [0.3, 0.4) is 0 Å². The number of halogens is 1. The molecule has 0 aliphatic heterocycles. The first-order valence-electron chi connectivity index (χ1n) is 4.95. The summed E-state index contributed by atoms with van der Waals surface area (Å²) < 4.78 is 0. The highest BCUT2D eigenvalue weighted by atomic mass is 35.5. The maximum Gasteiger partial charge on any atom is 0.150 e. The van der Waals surface area contributed by atoms with Gasteiger partial charge in [-0.1, -0.05) is 11.6 Å². The van der Waals surface area contributed by atoms with Crippen molar-refractivity contribution in [2.24, 2.45) is 0 Å². The summed E-state index contributed by atoms with van der Waals surface area (Å²) in [6.07, 6.45) is 3.25. The van der Waals surface area contributed by atoms with E-state index in [9.17, 15) is 0 Å². The van der Waals surface area contributed by atoms with Gasteiger partial charge < -0.3 is 5.32 Å². The minimum atomic E-state index is 0.318. The zero-order chi connectivity index (χ0) is 12.3. The number of hydrogen-bond donors (Lipinski definition) is 1. The quantitative estimate of drug-likeness (QED) is 0.882. The largest absolute Gasteiger partial charge is 0.337 e. The highest BCUT2D eigenvalue weighted by molar-refractivity contribution is 6.34. The highest BCUT2D eigenvalue weighted by Crippen LogP contribution is 2.26. The number of nitriles is 1. The second-order valence-corrected chi connectivity index (χ2v) is 3.77. The number of nitrogens with zero attached hydrogens (tertiary/aromatic N) is 3. The fourth-order valence-corrected chi connectivity index (χ4v) is 1.56. The normalized spacial score (nSPS) is 9.71. The van der Waals surface area contributed by atoms with E-state index in [1.807, 2.05) is 25.1 Å². The predicted molar refractivity (Wildman–Crippen MR) is 66.2 cm³/mol. The third-order valence-electron chi connectivity index (χ3n) is 2.27. The summed E-state index contributed by atoms with van der Waals surface area (Å²) >= 11 is 6.04. The van der Waals surface area contributed by atoms with Crippen LogP contribution in [-0.2, 0) is 0 Å². The fraction of sp³-hybridized carbons (Fsp3) is 0.0833. The van der Waals surface area contributed by atoms with E-state index in [1.54, 1.807) is 18.5 Å². The Labute approximate surface area is 104 Å². The maximum absolute atomic E-state index is 8.86. The molecule has 2 aromatic rings. The van der Waals surface area contributed by atoms with Crippen molar-refractivity contribution in [3.63, 3.8) is 0 Å². The molecule has 2 aromatic heterocycles. The molecule has 0 atom stereocenters. The molecule has 17 heavy (non-hydrogen) atoms. The minimum absolute atomic E-state index is 0.318. The molecular formula is C12H9ClN4. The smallest absolute Gasteiger partial charge is 0.150 e. The van der Waals surface area contributed by atoms with Crippen LogP contribution in [0.5, 0.6) is 0 Å². The minimum Gasteiger partial charge on any atom is -0.337 e. The van der Waals surface area contributed by atoms with Crippen molar-refractivity contribution in [2.75, 3.05) is 5.32 Å². The van der Waals surface area contributed by atoms with E-state index in [0.717, 1.165) is 11.4 Å². The van der Waals surface area contributed by atoms with Crippen molar-refractivity contribution in [3.05, 3.63) is 46.9 Å². The molecular weight excluding hydrogens is 236 g/mol. The molecule has 0 unspecified atom stereocenters. The standard InChI is InChI=1S/C12H9ClN4/c1-8-10(3-2-5-15-8)17-12-11(13)9(7-14)4-6-16-12/h2-6H,1H3,(H,16,17). The number of hydrogen-bond acceptors (Lipinski definition) is 4. The van der Waals surface area contributed by atoms with Gasteiger partial charge in [0.1, 0.15) is 11.1 Å². The first-order valence-corrected chi connectivity index (χ1v) is 5.33.